The smallest absolute Gasteiger partial charge is 0.249 e. The van der Waals surface area contributed by atoms with Crippen LogP contribution in [0.15, 0.2) is 6.20 Å². The van der Waals surface area contributed by atoms with Crippen molar-refractivity contribution in [2.24, 2.45) is 5.92 Å². The van der Waals surface area contributed by atoms with Gasteiger partial charge in [-0.1, -0.05) is 0 Å². The van der Waals surface area contributed by atoms with E-state index in [0.717, 1.165) is 22.7 Å². The van der Waals surface area contributed by atoms with E-state index in [1.807, 2.05) is 13.8 Å². The minimum Gasteiger partial charge on any atom is -0.340 e. The molecule has 0 aromatic carbocycles. The van der Waals surface area contributed by atoms with Crippen molar-refractivity contribution in [3.63, 3.8) is 0 Å². The van der Waals surface area contributed by atoms with Gasteiger partial charge in [0.25, 0.3) is 0 Å². The van der Waals surface area contributed by atoms with Crippen LogP contribution in [0.5, 0.6) is 0 Å². The summed E-state index contributed by atoms with van der Waals surface area (Å²) in [5.41, 5.74) is -0.719. The van der Waals surface area contributed by atoms with Crippen LogP contribution in [0, 0.1) is 12.8 Å². The molecule has 2 atom stereocenters. The molecule has 1 saturated carbocycles. The lowest BCUT2D eigenvalue weighted by molar-refractivity contribution is -0.155. The Hall–Kier alpha value is -1.43. The summed E-state index contributed by atoms with van der Waals surface area (Å²) in [6, 6.07) is -0.420. The van der Waals surface area contributed by atoms with Gasteiger partial charge in [-0.05, 0) is 39.5 Å². The zero-order chi connectivity index (χ0) is 14.5. The fourth-order valence-electron chi connectivity index (χ4n) is 2.82. The van der Waals surface area contributed by atoms with Crippen molar-refractivity contribution in [1.82, 2.24) is 15.2 Å². The molecular weight excluding hydrogens is 274 g/mol. The van der Waals surface area contributed by atoms with Crippen LogP contribution in [0.1, 0.15) is 36.6 Å². The van der Waals surface area contributed by atoms with Crippen LogP contribution in [0.4, 0.5) is 0 Å². The molecule has 1 aliphatic heterocycles. The Morgan fingerprint density at radius 2 is 2.20 bits per heavy atom. The monoisotopic (exact) mass is 293 g/mol. The number of hydrogen-bond donors (Lipinski definition) is 1. The van der Waals surface area contributed by atoms with E-state index in [4.69, 9.17) is 0 Å². The van der Waals surface area contributed by atoms with Gasteiger partial charge in [-0.25, -0.2) is 4.98 Å². The highest BCUT2D eigenvalue weighted by atomic mass is 32.1. The van der Waals surface area contributed by atoms with Gasteiger partial charge in [-0.15, -0.1) is 11.3 Å². The zero-order valence-electron chi connectivity index (χ0n) is 12.0. The average Bonchev–Trinajstić information content (AvgIpc) is 3.17. The Morgan fingerprint density at radius 3 is 2.75 bits per heavy atom. The molecule has 1 N–H and O–H groups in total. The molecule has 2 unspecified atom stereocenters. The molecule has 0 radical (unpaired) electrons. The molecule has 2 heterocycles. The highest BCUT2D eigenvalue weighted by Crippen LogP contribution is 2.42. The SMILES string of the molecule is Cc1ncc(CN2C(=O)C(C)(C3CC3)NC(=O)C2C)s1. The Kier molecular flexibility index (Phi) is 3.08. The standard InChI is InChI=1S/C14H19N3O2S/c1-8-12(18)16-14(3,10-4-5-10)13(19)17(8)7-11-6-15-9(2)20-11/h6,8,10H,4-5,7H2,1-3H3,(H,16,18). The van der Waals surface area contributed by atoms with Crippen LogP contribution >= 0.6 is 11.3 Å². The normalized spacial score (nSPS) is 30.6. The molecule has 1 aromatic rings. The fraction of sp³-hybridized carbons (Fsp3) is 0.643. The third kappa shape index (κ3) is 2.12. The maximum atomic E-state index is 12.8. The van der Waals surface area contributed by atoms with E-state index in [9.17, 15) is 9.59 Å². The topological polar surface area (TPSA) is 62.3 Å². The van der Waals surface area contributed by atoms with E-state index < -0.39 is 11.6 Å². The number of rotatable bonds is 3. The number of thiazole rings is 1. The van der Waals surface area contributed by atoms with Crippen molar-refractivity contribution in [1.29, 1.82) is 0 Å². The molecule has 0 spiro atoms. The molecule has 6 heteroatoms. The van der Waals surface area contributed by atoms with Gasteiger partial charge >= 0.3 is 0 Å². The number of piperazine rings is 1. The summed E-state index contributed by atoms with van der Waals surface area (Å²) >= 11 is 1.57. The van der Waals surface area contributed by atoms with E-state index in [0.29, 0.717) is 6.54 Å². The van der Waals surface area contributed by atoms with Crippen molar-refractivity contribution >= 4 is 23.2 Å². The molecule has 1 aliphatic carbocycles. The molecule has 3 rings (SSSR count). The summed E-state index contributed by atoms with van der Waals surface area (Å²) in [5.74, 6) is 0.274. The molecule has 108 valence electrons. The van der Waals surface area contributed by atoms with E-state index >= 15 is 0 Å². The largest absolute Gasteiger partial charge is 0.340 e. The van der Waals surface area contributed by atoms with Gasteiger partial charge in [-0.2, -0.15) is 0 Å². The Balaban J connectivity index is 1.86. The maximum Gasteiger partial charge on any atom is 0.249 e. The predicted octanol–water partition coefficient (Wildman–Crippen LogP) is 1.47. The number of aryl methyl sites for hydroxylation is 1. The van der Waals surface area contributed by atoms with Gasteiger partial charge < -0.3 is 10.2 Å². The van der Waals surface area contributed by atoms with Crippen LogP contribution in [0.3, 0.4) is 0 Å². The van der Waals surface area contributed by atoms with Gasteiger partial charge in [0.05, 0.1) is 11.6 Å². The van der Waals surface area contributed by atoms with Crippen molar-refractivity contribution in [3.05, 3.63) is 16.1 Å². The summed E-state index contributed by atoms with van der Waals surface area (Å²) in [7, 11) is 0. The second kappa shape index (κ2) is 4.55. The summed E-state index contributed by atoms with van der Waals surface area (Å²) < 4.78 is 0. The zero-order valence-corrected chi connectivity index (χ0v) is 12.8. The van der Waals surface area contributed by atoms with Crippen LogP contribution in [0.2, 0.25) is 0 Å². The molecule has 20 heavy (non-hydrogen) atoms. The molecular formula is C14H19N3O2S. The maximum absolute atomic E-state index is 12.8. The van der Waals surface area contributed by atoms with E-state index in [-0.39, 0.29) is 17.7 Å². The van der Waals surface area contributed by atoms with Crippen molar-refractivity contribution < 1.29 is 9.59 Å². The van der Waals surface area contributed by atoms with Crippen molar-refractivity contribution in [2.45, 2.75) is 51.7 Å². The number of carbonyl (C=O) groups excluding carboxylic acids is 2. The lowest BCUT2D eigenvalue weighted by Crippen LogP contribution is -2.69. The van der Waals surface area contributed by atoms with Crippen LogP contribution in [-0.4, -0.2) is 33.3 Å². The molecule has 1 aromatic heterocycles. The first-order chi connectivity index (χ1) is 9.41. The molecule has 5 nitrogen and oxygen atoms in total. The Labute approximate surface area is 122 Å². The molecule has 2 fully saturated rings. The highest BCUT2D eigenvalue weighted by molar-refractivity contribution is 7.11. The van der Waals surface area contributed by atoms with E-state index in [2.05, 4.69) is 10.3 Å². The predicted molar refractivity (Wildman–Crippen MR) is 76.1 cm³/mol. The second-order valence-electron chi connectivity index (χ2n) is 5.92. The van der Waals surface area contributed by atoms with Crippen molar-refractivity contribution in [3.8, 4) is 0 Å². The van der Waals surface area contributed by atoms with Gasteiger partial charge in [0.1, 0.15) is 11.6 Å². The van der Waals surface area contributed by atoms with Crippen LogP contribution in [0.25, 0.3) is 0 Å². The van der Waals surface area contributed by atoms with Gasteiger partial charge in [0.15, 0.2) is 0 Å². The number of amides is 2. The van der Waals surface area contributed by atoms with Gasteiger partial charge in [-0.3, -0.25) is 9.59 Å². The summed E-state index contributed by atoms with van der Waals surface area (Å²) in [6.45, 7) is 6.06. The van der Waals surface area contributed by atoms with Gasteiger partial charge in [0.2, 0.25) is 11.8 Å². The van der Waals surface area contributed by atoms with Crippen LogP contribution < -0.4 is 5.32 Å². The first-order valence-electron chi connectivity index (χ1n) is 6.96. The number of hydrogen-bond acceptors (Lipinski definition) is 4. The second-order valence-corrected chi connectivity index (χ2v) is 7.24. The number of nitrogens with one attached hydrogen (secondary N) is 1. The molecule has 0 bridgehead atoms. The fourth-order valence-corrected chi connectivity index (χ4v) is 3.62. The molecule has 2 aliphatic rings. The Bertz CT molecular complexity index is 567. The third-order valence-electron chi connectivity index (χ3n) is 4.32. The number of aromatic nitrogens is 1. The first kappa shape index (κ1) is 13.5. The number of nitrogens with zero attached hydrogens (tertiary/aromatic N) is 2. The first-order valence-corrected chi connectivity index (χ1v) is 7.78. The van der Waals surface area contributed by atoms with Gasteiger partial charge in [0, 0.05) is 11.1 Å². The lowest BCUT2D eigenvalue weighted by Gasteiger charge is -2.43. The summed E-state index contributed by atoms with van der Waals surface area (Å²) in [4.78, 5) is 31.9. The Morgan fingerprint density at radius 1 is 1.50 bits per heavy atom. The van der Waals surface area contributed by atoms with E-state index in [1.165, 1.54) is 0 Å². The minimum atomic E-state index is -0.719. The summed E-state index contributed by atoms with van der Waals surface area (Å²) in [5, 5.41) is 3.91. The van der Waals surface area contributed by atoms with Crippen molar-refractivity contribution in [2.75, 3.05) is 0 Å². The third-order valence-corrected chi connectivity index (χ3v) is 5.22. The molecule has 2 amide bonds. The quantitative estimate of drug-likeness (QED) is 0.918. The lowest BCUT2D eigenvalue weighted by atomic mass is 9.89. The summed E-state index contributed by atoms with van der Waals surface area (Å²) in [6.07, 6.45) is 3.83. The number of carbonyl (C=O) groups is 2. The van der Waals surface area contributed by atoms with Crippen LogP contribution in [-0.2, 0) is 16.1 Å². The minimum absolute atomic E-state index is 0.0400. The van der Waals surface area contributed by atoms with E-state index in [1.54, 1.807) is 29.4 Å². The average molecular weight is 293 g/mol. The molecule has 1 saturated heterocycles. The highest BCUT2D eigenvalue weighted by Gasteiger charge is 2.54.